The maximum atomic E-state index is 6.31. The monoisotopic (exact) mass is 155 g/mol. The van der Waals surface area contributed by atoms with Gasteiger partial charge in [-0.1, -0.05) is 18.2 Å². The van der Waals surface area contributed by atoms with E-state index in [0.717, 1.165) is 11.1 Å². The van der Waals surface area contributed by atoms with Crippen LogP contribution in [0.2, 0.25) is 0 Å². The zero-order chi connectivity index (χ0) is 8.97. The second-order valence-corrected chi connectivity index (χ2v) is 2.41. The fourth-order valence-corrected chi connectivity index (χ4v) is 0.931. The van der Waals surface area contributed by atoms with Crippen LogP contribution in [0.1, 0.15) is 11.1 Å². The number of para-hydroxylation sites is 1. The predicted octanol–water partition coefficient (Wildman–Crippen LogP) is 1.57. The Kier molecular flexibility index (Phi) is 2.03. The van der Waals surface area contributed by atoms with Gasteiger partial charge in [-0.15, -0.1) is 0 Å². The summed E-state index contributed by atoms with van der Waals surface area (Å²) in [5.74, 6) is 0. The minimum absolute atomic E-state index is 0.205. The highest BCUT2D eigenvalue weighted by molar-refractivity contribution is 5.52. The molecular formula is C8H11NO2. The van der Waals surface area contributed by atoms with Gasteiger partial charge < -0.3 is 5.73 Å². The van der Waals surface area contributed by atoms with Crippen molar-refractivity contribution in [2.24, 2.45) is 0 Å². The maximum absolute atomic E-state index is 6.31. The Balaban J connectivity index is 2.78. The van der Waals surface area contributed by atoms with Crippen LogP contribution < -0.4 is 5.73 Å². The van der Waals surface area contributed by atoms with Crippen LogP contribution in [0.5, 0.6) is 0 Å². The smallest absolute Gasteiger partial charge is 0.255 e. The first-order valence-corrected chi connectivity index (χ1v) is 3.34. The quantitative estimate of drug-likeness (QED) is 0.395. The molecule has 3 N–H and O–H groups in total. The summed E-state index contributed by atoms with van der Waals surface area (Å²) in [5, 5.41) is 3.74. The molecule has 3 heteroatoms. The van der Waals surface area contributed by atoms with Crippen LogP contribution in [0, 0.1) is 6.92 Å². The van der Waals surface area contributed by atoms with Crippen molar-refractivity contribution in [2.75, 3.05) is 5.73 Å². The topological polar surface area (TPSA) is 55.5 Å². The number of hydrogen-bond donors (Lipinski definition) is 2. The lowest BCUT2D eigenvalue weighted by atomic mass is 10.1. The number of nitrogen functional groups attached to an aromatic ring is 1. The van der Waals surface area contributed by atoms with Gasteiger partial charge in [-0.05, 0) is 12.5 Å². The summed E-state index contributed by atoms with van der Waals surface area (Å²) in [7, 11) is 0. The highest BCUT2D eigenvalue weighted by Gasteiger charge is 1.99. The molecule has 0 aliphatic heterocycles. The van der Waals surface area contributed by atoms with Crippen molar-refractivity contribution in [3.05, 3.63) is 29.3 Å². The maximum Gasteiger partial charge on any atom is 0.255 e. The number of aryl methyl sites for hydroxylation is 1. The highest BCUT2D eigenvalue weighted by atomic mass is 17.1. The van der Waals surface area contributed by atoms with Crippen LogP contribution in [0.3, 0.4) is 0 Å². The van der Waals surface area contributed by atoms with Crippen molar-refractivity contribution in [2.45, 2.75) is 13.5 Å². The van der Waals surface area contributed by atoms with Crippen LogP contribution in [0.25, 0.3) is 1.43 Å². The van der Waals surface area contributed by atoms with Gasteiger partial charge in [0.15, 0.2) is 0 Å². The molecule has 0 aliphatic carbocycles. The van der Waals surface area contributed by atoms with Crippen LogP contribution in [-0.4, -0.2) is 5.26 Å². The number of benzene rings is 1. The van der Waals surface area contributed by atoms with E-state index in [1.807, 2.05) is 25.1 Å². The van der Waals surface area contributed by atoms with Crippen LogP contribution in [0.4, 0.5) is 5.69 Å². The van der Waals surface area contributed by atoms with E-state index < -0.39 is 0 Å². The number of hydrogen-bond acceptors (Lipinski definition) is 3. The van der Waals surface area contributed by atoms with Crippen molar-refractivity contribution in [1.29, 1.82) is 1.43 Å². The van der Waals surface area contributed by atoms with Gasteiger partial charge in [0.1, 0.15) is 6.61 Å². The van der Waals surface area contributed by atoms with Crippen molar-refractivity contribution in [3.63, 3.8) is 0 Å². The summed E-state index contributed by atoms with van der Waals surface area (Å²) in [6.45, 7) is 2.12. The molecule has 0 unspecified atom stereocenters. The zero-order valence-corrected chi connectivity index (χ0v) is 6.33. The number of rotatable bonds is 3. The largest absolute Gasteiger partial charge is 0.398 e. The number of nitrogens with two attached hydrogens (primary N) is 1. The van der Waals surface area contributed by atoms with Crippen LogP contribution in [0.15, 0.2) is 18.2 Å². The first kappa shape index (κ1) is 6.64. The molecule has 0 amide bonds. The van der Waals surface area contributed by atoms with E-state index in [2.05, 4.69) is 10.1 Å². The Labute approximate surface area is 66.8 Å². The fraction of sp³-hybridized carbons (Fsp3) is 0.250. The van der Waals surface area contributed by atoms with E-state index in [4.69, 9.17) is 7.16 Å². The Morgan fingerprint density at radius 1 is 1.73 bits per heavy atom. The molecule has 11 heavy (non-hydrogen) atoms. The SMILES string of the molecule is [3H]OOCc1cccc(C)c1N. The van der Waals surface area contributed by atoms with Crippen molar-refractivity contribution >= 4 is 5.69 Å². The first-order chi connectivity index (χ1) is 5.75. The van der Waals surface area contributed by atoms with Crippen LogP contribution >= 0.6 is 0 Å². The summed E-state index contributed by atoms with van der Waals surface area (Å²) < 4.78 is 6.31. The first-order valence-electron chi connectivity index (χ1n) is 3.75. The summed E-state index contributed by atoms with van der Waals surface area (Å²) in [6, 6.07) is 5.63. The normalized spacial score (nSPS) is 11.2. The predicted molar refractivity (Wildman–Crippen MR) is 43.0 cm³/mol. The third-order valence-electron chi connectivity index (χ3n) is 1.63. The van der Waals surface area contributed by atoms with E-state index in [1.165, 1.54) is 0 Å². The Morgan fingerprint density at radius 3 is 3.27 bits per heavy atom. The van der Waals surface area contributed by atoms with Gasteiger partial charge >= 0.3 is 0 Å². The second-order valence-electron chi connectivity index (χ2n) is 2.41. The van der Waals surface area contributed by atoms with Gasteiger partial charge in [-0.25, -0.2) is 4.89 Å². The molecule has 0 bridgehead atoms. The molecule has 0 spiro atoms. The van der Waals surface area contributed by atoms with Gasteiger partial charge in [0.2, 0.25) is 0 Å². The van der Waals surface area contributed by atoms with E-state index in [0.29, 0.717) is 5.69 Å². The minimum Gasteiger partial charge on any atom is -0.398 e. The third kappa shape index (κ3) is 1.69. The molecule has 0 aliphatic rings. The molecule has 1 aromatic rings. The molecule has 0 aromatic heterocycles. The third-order valence-corrected chi connectivity index (χ3v) is 1.63. The van der Waals surface area contributed by atoms with Crippen molar-refractivity contribution in [1.82, 2.24) is 0 Å². The molecular weight excluding hydrogens is 142 g/mol. The average Bonchev–Trinajstić information content (AvgIpc) is 2.08. The molecule has 0 atom stereocenters. The molecule has 0 heterocycles. The Bertz CT molecular complexity index is 265. The van der Waals surface area contributed by atoms with E-state index in [9.17, 15) is 0 Å². The van der Waals surface area contributed by atoms with Gasteiger partial charge in [0.05, 0.1) is 0 Å². The second kappa shape index (κ2) is 3.37. The summed E-state index contributed by atoms with van der Waals surface area (Å²) in [4.78, 5) is 4.44. The van der Waals surface area contributed by atoms with E-state index >= 15 is 0 Å². The minimum atomic E-state index is 0.205. The fourth-order valence-electron chi connectivity index (χ4n) is 0.931. The standard InChI is InChI=1S/C8H11NO2/c1-6-3-2-4-7(5-11-10)8(6)9/h2-4,10H,5,9H2,1H3/i/hT. The van der Waals surface area contributed by atoms with E-state index in [1.54, 1.807) is 0 Å². The van der Waals surface area contributed by atoms with Gasteiger partial charge in [-0.3, -0.25) is 5.26 Å². The summed E-state index contributed by atoms with van der Waals surface area (Å²) in [5.41, 5.74) is 8.25. The molecule has 1 aromatic carbocycles. The van der Waals surface area contributed by atoms with Crippen molar-refractivity contribution < 1.29 is 10.1 Å². The van der Waals surface area contributed by atoms with Gasteiger partial charge in [0.25, 0.3) is 1.43 Å². The molecule has 60 valence electrons. The number of anilines is 1. The molecule has 0 saturated heterocycles. The summed E-state index contributed by atoms with van der Waals surface area (Å²) in [6.07, 6.45) is 0. The molecule has 0 saturated carbocycles. The Morgan fingerprint density at radius 2 is 2.55 bits per heavy atom. The van der Waals surface area contributed by atoms with Crippen LogP contribution in [-0.2, 0) is 11.5 Å². The summed E-state index contributed by atoms with van der Waals surface area (Å²) >= 11 is 0. The zero-order valence-electron chi connectivity index (χ0n) is 7.33. The molecule has 1 rings (SSSR count). The van der Waals surface area contributed by atoms with Gasteiger partial charge in [0, 0.05) is 11.3 Å². The molecule has 0 radical (unpaired) electrons. The average molecular weight is 155 g/mol. The van der Waals surface area contributed by atoms with Crippen molar-refractivity contribution in [3.8, 4) is 0 Å². The Hall–Kier alpha value is -1.06. The molecule has 0 fully saturated rings. The lowest BCUT2D eigenvalue weighted by Gasteiger charge is -2.04. The van der Waals surface area contributed by atoms with E-state index in [-0.39, 0.29) is 6.61 Å². The lowest BCUT2D eigenvalue weighted by Crippen LogP contribution is -1.97. The van der Waals surface area contributed by atoms with Gasteiger partial charge in [-0.2, -0.15) is 0 Å². The lowest BCUT2D eigenvalue weighted by molar-refractivity contribution is -0.252. The molecule has 3 nitrogen and oxygen atoms in total. The highest BCUT2D eigenvalue weighted by Crippen LogP contribution is 2.16.